The monoisotopic (exact) mass is 253 g/mol. The predicted molar refractivity (Wildman–Crippen MR) is 72.2 cm³/mol. The molecule has 0 aliphatic carbocycles. The van der Waals surface area contributed by atoms with Crippen LogP contribution in [0.25, 0.3) is 0 Å². The van der Waals surface area contributed by atoms with Crippen LogP contribution in [0, 0.1) is 0 Å². The summed E-state index contributed by atoms with van der Waals surface area (Å²) in [5.41, 5.74) is 1.14. The molecule has 0 saturated heterocycles. The quantitative estimate of drug-likeness (QED) is 0.695. The number of aliphatic hydroxyl groups excluding tert-OH is 1. The van der Waals surface area contributed by atoms with Crippen molar-refractivity contribution in [3.05, 3.63) is 23.8 Å². The molecule has 0 amide bonds. The van der Waals surface area contributed by atoms with Crippen molar-refractivity contribution in [2.75, 3.05) is 20.3 Å². The largest absolute Gasteiger partial charge is 0.493 e. The fraction of sp³-hybridized carbons (Fsp3) is 0.571. The van der Waals surface area contributed by atoms with Gasteiger partial charge in [-0.05, 0) is 44.5 Å². The highest BCUT2D eigenvalue weighted by Gasteiger charge is 2.05. The van der Waals surface area contributed by atoms with Crippen molar-refractivity contribution in [3.63, 3.8) is 0 Å². The molecule has 1 aromatic rings. The van der Waals surface area contributed by atoms with E-state index in [0.29, 0.717) is 6.61 Å². The number of hydrogen-bond donors (Lipinski definition) is 2. The highest BCUT2D eigenvalue weighted by molar-refractivity contribution is 5.42. The van der Waals surface area contributed by atoms with Crippen LogP contribution in [0.15, 0.2) is 18.2 Å². The topological polar surface area (TPSA) is 50.7 Å². The normalized spacial score (nSPS) is 12.2. The summed E-state index contributed by atoms with van der Waals surface area (Å²) in [5.74, 6) is 1.53. The van der Waals surface area contributed by atoms with E-state index in [0.717, 1.165) is 36.6 Å². The number of ether oxygens (including phenoxy) is 2. The van der Waals surface area contributed by atoms with E-state index in [1.807, 2.05) is 25.1 Å². The molecule has 4 heteroatoms. The van der Waals surface area contributed by atoms with Gasteiger partial charge in [0.25, 0.3) is 0 Å². The van der Waals surface area contributed by atoms with Crippen LogP contribution >= 0.6 is 0 Å². The lowest BCUT2D eigenvalue weighted by atomic mass is 10.2. The zero-order chi connectivity index (χ0) is 13.4. The molecule has 0 radical (unpaired) electrons. The summed E-state index contributed by atoms with van der Waals surface area (Å²) in [6.45, 7) is 5.93. The van der Waals surface area contributed by atoms with Gasteiger partial charge in [-0.25, -0.2) is 0 Å². The summed E-state index contributed by atoms with van der Waals surface area (Å²) in [6, 6.07) is 5.91. The van der Waals surface area contributed by atoms with Crippen molar-refractivity contribution in [1.29, 1.82) is 0 Å². The molecule has 2 N–H and O–H groups in total. The Morgan fingerprint density at radius 2 is 2.11 bits per heavy atom. The molecule has 1 aromatic carbocycles. The van der Waals surface area contributed by atoms with E-state index >= 15 is 0 Å². The first-order chi connectivity index (χ1) is 8.67. The SMILES string of the molecule is CCOc1ccc(CNCCC(C)O)cc1OC. The van der Waals surface area contributed by atoms with Crippen LogP contribution in [0.1, 0.15) is 25.8 Å². The molecule has 1 rings (SSSR count). The summed E-state index contributed by atoms with van der Waals surface area (Å²) < 4.78 is 10.8. The van der Waals surface area contributed by atoms with Crippen LogP contribution in [-0.4, -0.2) is 31.5 Å². The van der Waals surface area contributed by atoms with Crippen LogP contribution in [0.3, 0.4) is 0 Å². The minimum Gasteiger partial charge on any atom is -0.493 e. The van der Waals surface area contributed by atoms with Gasteiger partial charge in [-0.2, -0.15) is 0 Å². The van der Waals surface area contributed by atoms with Gasteiger partial charge < -0.3 is 19.9 Å². The van der Waals surface area contributed by atoms with E-state index in [-0.39, 0.29) is 6.10 Å². The summed E-state index contributed by atoms with van der Waals surface area (Å²) in [4.78, 5) is 0. The number of nitrogens with one attached hydrogen (secondary N) is 1. The van der Waals surface area contributed by atoms with Gasteiger partial charge in [0.1, 0.15) is 0 Å². The van der Waals surface area contributed by atoms with Gasteiger partial charge >= 0.3 is 0 Å². The molecule has 0 aliphatic rings. The van der Waals surface area contributed by atoms with Crippen molar-refractivity contribution in [3.8, 4) is 11.5 Å². The molecule has 4 nitrogen and oxygen atoms in total. The number of benzene rings is 1. The van der Waals surface area contributed by atoms with E-state index < -0.39 is 0 Å². The van der Waals surface area contributed by atoms with E-state index in [9.17, 15) is 0 Å². The highest BCUT2D eigenvalue weighted by atomic mass is 16.5. The average Bonchev–Trinajstić information content (AvgIpc) is 2.36. The fourth-order valence-corrected chi connectivity index (χ4v) is 1.64. The van der Waals surface area contributed by atoms with Crippen LogP contribution in [0.4, 0.5) is 0 Å². The van der Waals surface area contributed by atoms with Crippen LogP contribution in [0.5, 0.6) is 11.5 Å². The minimum absolute atomic E-state index is 0.257. The lowest BCUT2D eigenvalue weighted by Gasteiger charge is -2.11. The van der Waals surface area contributed by atoms with E-state index in [1.54, 1.807) is 14.0 Å². The summed E-state index contributed by atoms with van der Waals surface area (Å²) in [5, 5.41) is 12.4. The van der Waals surface area contributed by atoms with Gasteiger partial charge in [-0.15, -0.1) is 0 Å². The zero-order valence-corrected chi connectivity index (χ0v) is 11.4. The molecule has 0 aliphatic heterocycles. The number of rotatable bonds is 8. The van der Waals surface area contributed by atoms with Crippen molar-refractivity contribution in [2.24, 2.45) is 0 Å². The van der Waals surface area contributed by atoms with Gasteiger partial charge in [-0.1, -0.05) is 6.07 Å². The molecule has 0 spiro atoms. The molecular formula is C14H23NO3. The molecular weight excluding hydrogens is 230 g/mol. The van der Waals surface area contributed by atoms with Gasteiger partial charge in [0.05, 0.1) is 19.8 Å². The molecule has 18 heavy (non-hydrogen) atoms. The second-order valence-electron chi connectivity index (χ2n) is 4.23. The Morgan fingerprint density at radius 3 is 2.72 bits per heavy atom. The first kappa shape index (κ1) is 14.8. The lowest BCUT2D eigenvalue weighted by Crippen LogP contribution is -2.18. The molecule has 0 aromatic heterocycles. The number of hydrogen-bond acceptors (Lipinski definition) is 4. The third-order valence-electron chi connectivity index (χ3n) is 2.60. The predicted octanol–water partition coefficient (Wildman–Crippen LogP) is 1.95. The van der Waals surface area contributed by atoms with E-state index in [4.69, 9.17) is 14.6 Å². The number of aliphatic hydroxyl groups is 1. The maximum Gasteiger partial charge on any atom is 0.161 e. The first-order valence-electron chi connectivity index (χ1n) is 6.35. The van der Waals surface area contributed by atoms with Crippen molar-refractivity contribution in [1.82, 2.24) is 5.32 Å². The Hall–Kier alpha value is -1.26. The maximum absolute atomic E-state index is 9.15. The Labute approximate surface area is 109 Å². The number of methoxy groups -OCH3 is 1. The Bertz CT molecular complexity index is 353. The standard InChI is InChI=1S/C14H23NO3/c1-4-18-13-6-5-12(9-14(13)17-3)10-15-8-7-11(2)16/h5-6,9,11,15-16H,4,7-8,10H2,1-3H3. The van der Waals surface area contributed by atoms with Gasteiger partial charge in [0.2, 0.25) is 0 Å². The maximum atomic E-state index is 9.15. The van der Waals surface area contributed by atoms with Crippen molar-refractivity contribution >= 4 is 0 Å². The summed E-state index contributed by atoms with van der Waals surface area (Å²) in [6.07, 6.45) is 0.501. The fourth-order valence-electron chi connectivity index (χ4n) is 1.64. The summed E-state index contributed by atoms with van der Waals surface area (Å²) in [7, 11) is 1.64. The van der Waals surface area contributed by atoms with Gasteiger partial charge in [0, 0.05) is 6.54 Å². The molecule has 0 heterocycles. The average molecular weight is 253 g/mol. The highest BCUT2D eigenvalue weighted by Crippen LogP contribution is 2.27. The molecule has 0 saturated carbocycles. The summed E-state index contributed by atoms with van der Waals surface area (Å²) >= 11 is 0. The molecule has 102 valence electrons. The first-order valence-corrected chi connectivity index (χ1v) is 6.35. The van der Waals surface area contributed by atoms with Crippen LogP contribution < -0.4 is 14.8 Å². The molecule has 1 unspecified atom stereocenters. The van der Waals surface area contributed by atoms with Gasteiger partial charge in [-0.3, -0.25) is 0 Å². The van der Waals surface area contributed by atoms with E-state index in [1.165, 1.54) is 0 Å². The van der Waals surface area contributed by atoms with Crippen molar-refractivity contribution in [2.45, 2.75) is 32.9 Å². The van der Waals surface area contributed by atoms with Crippen LogP contribution in [-0.2, 0) is 6.54 Å². The second kappa shape index (κ2) is 7.95. The van der Waals surface area contributed by atoms with E-state index in [2.05, 4.69) is 5.32 Å². The molecule has 0 bridgehead atoms. The second-order valence-corrected chi connectivity index (χ2v) is 4.23. The van der Waals surface area contributed by atoms with Gasteiger partial charge in [0.15, 0.2) is 11.5 Å². The third-order valence-corrected chi connectivity index (χ3v) is 2.60. The van der Waals surface area contributed by atoms with Crippen molar-refractivity contribution < 1.29 is 14.6 Å². The van der Waals surface area contributed by atoms with Crippen LogP contribution in [0.2, 0.25) is 0 Å². The Kier molecular flexibility index (Phi) is 6.54. The lowest BCUT2D eigenvalue weighted by molar-refractivity contribution is 0.183. The minimum atomic E-state index is -0.257. The smallest absolute Gasteiger partial charge is 0.161 e. The molecule has 0 fully saturated rings. The Morgan fingerprint density at radius 1 is 1.33 bits per heavy atom. The Balaban J connectivity index is 2.51. The zero-order valence-electron chi connectivity index (χ0n) is 11.4. The third kappa shape index (κ3) is 4.94. The molecule has 1 atom stereocenters.